The Kier molecular flexibility index (Phi) is 4.79. The standard InChI is InChI=1S/C21H25N5O/c1-15(2)26-13-9-17-18(7-3-8-19(17)26)24-20(27)16-6-4-12-25(14-16)21-22-10-5-11-23-21/h3,5,7-11,13,15-16H,4,6,12,14H2,1-2H3,(H,24,27)/t16-/m0/s1. The van der Waals surface area contributed by atoms with Crippen LogP contribution in [0.15, 0.2) is 48.9 Å². The molecule has 0 aliphatic carbocycles. The van der Waals surface area contributed by atoms with Gasteiger partial charge in [-0.1, -0.05) is 6.07 Å². The maximum Gasteiger partial charge on any atom is 0.229 e. The molecular formula is C21H25N5O. The Morgan fingerprint density at radius 2 is 2.00 bits per heavy atom. The Labute approximate surface area is 159 Å². The first kappa shape index (κ1) is 17.5. The maximum absolute atomic E-state index is 12.9. The van der Waals surface area contributed by atoms with Crippen LogP contribution in [0.3, 0.4) is 0 Å². The average Bonchev–Trinajstić information content (AvgIpc) is 3.14. The smallest absolute Gasteiger partial charge is 0.229 e. The second kappa shape index (κ2) is 7.39. The molecule has 0 spiro atoms. The lowest BCUT2D eigenvalue weighted by Gasteiger charge is -2.31. The molecule has 2 aromatic heterocycles. The molecule has 1 saturated heterocycles. The van der Waals surface area contributed by atoms with Gasteiger partial charge in [0, 0.05) is 43.1 Å². The average molecular weight is 363 g/mol. The second-order valence-electron chi connectivity index (χ2n) is 7.38. The molecule has 1 amide bonds. The minimum Gasteiger partial charge on any atom is -0.345 e. The van der Waals surface area contributed by atoms with Crippen LogP contribution in [0.4, 0.5) is 11.6 Å². The van der Waals surface area contributed by atoms with Gasteiger partial charge in [-0.15, -0.1) is 0 Å². The van der Waals surface area contributed by atoms with Gasteiger partial charge in [-0.05, 0) is 51.0 Å². The molecule has 0 bridgehead atoms. The topological polar surface area (TPSA) is 63.1 Å². The van der Waals surface area contributed by atoms with Crippen LogP contribution < -0.4 is 10.2 Å². The summed E-state index contributed by atoms with van der Waals surface area (Å²) >= 11 is 0. The lowest BCUT2D eigenvalue weighted by molar-refractivity contribution is -0.120. The van der Waals surface area contributed by atoms with Gasteiger partial charge in [-0.2, -0.15) is 0 Å². The summed E-state index contributed by atoms with van der Waals surface area (Å²) in [6.45, 7) is 5.86. The van der Waals surface area contributed by atoms with Crippen molar-refractivity contribution in [2.24, 2.45) is 5.92 Å². The molecule has 140 valence electrons. The second-order valence-corrected chi connectivity index (χ2v) is 7.38. The van der Waals surface area contributed by atoms with Crippen molar-refractivity contribution in [3.8, 4) is 0 Å². The highest BCUT2D eigenvalue weighted by Gasteiger charge is 2.27. The van der Waals surface area contributed by atoms with Crippen LogP contribution >= 0.6 is 0 Å². The normalized spacial score (nSPS) is 17.4. The molecule has 3 aromatic rings. The Morgan fingerprint density at radius 3 is 2.78 bits per heavy atom. The molecule has 1 fully saturated rings. The van der Waals surface area contributed by atoms with Crippen LogP contribution in [0.2, 0.25) is 0 Å². The predicted octanol–water partition coefficient (Wildman–Crippen LogP) is 3.87. The Balaban J connectivity index is 1.51. The third-order valence-electron chi connectivity index (χ3n) is 5.20. The zero-order chi connectivity index (χ0) is 18.8. The predicted molar refractivity (Wildman–Crippen MR) is 108 cm³/mol. The highest BCUT2D eigenvalue weighted by Crippen LogP contribution is 2.28. The highest BCUT2D eigenvalue weighted by molar-refractivity contribution is 6.02. The number of rotatable bonds is 4. The lowest BCUT2D eigenvalue weighted by atomic mass is 9.97. The number of hydrogen-bond acceptors (Lipinski definition) is 4. The van der Waals surface area contributed by atoms with Crippen LogP contribution in [-0.4, -0.2) is 33.5 Å². The van der Waals surface area contributed by atoms with Crippen LogP contribution in [-0.2, 0) is 4.79 Å². The third-order valence-corrected chi connectivity index (χ3v) is 5.20. The van der Waals surface area contributed by atoms with Gasteiger partial charge in [-0.25, -0.2) is 9.97 Å². The third kappa shape index (κ3) is 3.52. The minimum atomic E-state index is -0.0648. The van der Waals surface area contributed by atoms with Gasteiger partial charge >= 0.3 is 0 Å². The van der Waals surface area contributed by atoms with Gasteiger partial charge < -0.3 is 14.8 Å². The molecule has 0 saturated carbocycles. The van der Waals surface area contributed by atoms with E-state index < -0.39 is 0 Å². The van der Waals surface area contributed by atoms with Gasteiger partial charge in [0.25, 0.3) is 0 Å². The fourth-order valence-electron chi connectivity index (χ4n) is 3.81. The fourth-order valence-corrected chi connectivity index (χ4v) is 3.81. The molecule has 3 heterocycles. The summed E-state index contributed by atoms with van der Waals surface area (Å²) in [6.07, 6.45) is 7.42. The van der Waals surface area contributed by atoms with Gasteiger partial charge in [0.15, 0.2) is 0 Å². The van der Waals surface area contributed by atoms with E-state index in [4.69, 9.17) is 0 Å². The molecule has 6 heteroatoms. The molecule has 0 unspecified atom stereocenters. The lowest BCUT2D eigenvalue weighted by Crippen LogP contribution is -2.41. The van der Waals surface area contributed by atoms with E-state index in [1.165, 1.54) is 0 Å². The largest absolute Gasteiger partial charge is 0.345 e. The number of carbonyl (C=O) groups is 1. The summed E-state index contributed by atoms with van der Waals surface area (Å²) in [5.74, 6) is 0.705. The first-order valence-corrected chi connectivity index (χ1v) is 9.56. The molecule has 1 N–H and O–H groups in total. The molecular weight excluding hydrogens is 338 g/mol. The first-order valence-electron chi connectivity index (χ1n) is 9.56. The van der Waals surface area contributed by atoms with Crippen molar-refractivity contribution in [2.45, 2.75) is 32.7 Å². The van der Waals surface area contributed by atoms with Gasteiger partial charge in [0.05, 0.1) is 17.1 Å². The molecule has 1 aromatic carbocycles. The van der Waals surface area contributed by atoms with E-state index in [2.05, 4.69) is 56.9 Å². The number of fused-ring (bicyclic) bond motifs is 1. The van der Waals surface area contributed by atoms with Crippen molar-refractivity contribution < 1.29 is 4.79 Å². The number of piperidine rings is 1. The minimum absolute atomic E-state index is 0.0648. The number of benzene rings is 1. The highest BCUT2D eigenvalue weighted by atomic mass is 16.1. The number of nitrogens with zero attached hydrogens (tertiary/aromatic N) is 4. The number of carbonyl (C=O) groups excluding carboxylic acids is 1. The van der Waals surface area contributed by atoms with E-state index in [1.807, 2.05) is 18.2 Å². The Morgan fingerprint density at radius 1 is 1.19 bits per heavy atom. The summed E-state index contributed by atoms with van der Waals surface area (Å²) in [4.78, 5) is 23.7. The van der Waals surface area contributed by atoms with Gasteiger partial charge in [-0.3, -0.25) is 4.79 Å². The molecule has 27 heavy (non-hydrogen) atoms. The zero-order valence-electron chi connectivity index (χ0n) is 15.8. The molecule has 1 aliphatic rings. The van der Waals surface area contributed by atoms with Crippen molar-refractivity contribution >= 4 is 28.4 Å². The Hall–Kier alpha value is -2.89. The van der Waals surface area contributed by atoms with E-state index in [0.29, 0.717) is 18.5 Å². The molecule has 6 nitrogen and oxygen atoms in total. The van der Waals surface area contributed by atoms with E-state index >= 15 is 0 Å². The number of anilines is 2. The van der Waals surface area contributed by atoms with Gasteiger partial charge in [0.2, 0.25) is 11.9 Å². The number of hydrogen-bond donors (Lipinski definition) is 1. The SMILES string of the molecule is CC(C)n1ccc2c(NC(=O)[C@H]3CCCN(c4ncccn4)C3)cccc21. The van der Waals surface area contributed by atoms with E-state index in [-0.39, 0.29) is 11.8 Å². The van der Waals surface area contributed by atoms with Crippen LogP contribution in [0.25, 0.3) is 10.9 Å². The first-order chi connectivity index (χ1) is 13.1. The number of nitrogens with one attached hydrogen (secondary N) is 1. The van der Waals surface area contributed by atoms with Crippen molar-refractivity contribution in [2.75, 3.05) is 23.3 Å². The summed E-state index contributed by atoms with van der Waals surface area (Å²) < 4.78 is 2.22. The molecule has 1 aliphatic heterocycles. The number of aromatic nitrogens is 3. The summed E-state index contributed by atoms with van der Waals surface area (Å²) in [5, 5.41) is 4.24. The molecule has 0 radical (unpaired) electrons. The van der Waals surface area contributed by atoms with Crippen molar-refractivity contribution in [1.82, 2.24) is 14.5 Å². The monoisotopic (exact) mass is 363 g/mol. The van der Waals surface area contributed by atoms with E-state index in [0.717, 1.165) is 36.0 Å². The van der Waals surface area contributed by atoms with Crippen LogP contribution in [0, 0.1) is 5.92 Å². The van der Waals surface area contributed by atoms with Crippen molar-refractivity contribution in [3.63, 3.8) is 0 Å². The summed E-state index contributed by atoms with van der Waals surface area (Å²) in [5.41, 5.74) is 2.02. The van der Waals surface area contributed by atoms with Crippen LogP contribution in [0.5, 0.6) is 0 Å². The maximum atomic E-state index is 12.9. The van der Waals surface area contributed by atoms with E-state index in [9.17, 15) is 4.79 Å². The molecule has 4 rings (SSSR count). The fraction of sp³-hybridized carbons (Fsp3) is 0.381. The Bertz CT molecular complexity index is 934. The van der Waals surface area contributed by atoms with E-state index in [1.54, 1.807) is 12.4 Å². The summed E-state index contributed by atoms with van der Waals surface area (Å²) in [7, 11) is 0. The quantitative estimate of drug-likeness (QED) is 0.764. The van der Waals surface area contributed by atoms with Gasteiger partial charge in [0.1, 0.15) is 0 Å². The van der Waals surface area contributed by atoms with Crippen molar-refractivity contribution in [3.05, 3.63) is 48.9 Å². The molecule has 1 atom stereocenters. The number of amides is 1. The zero-order valence-corrected chi connectivity index (χ0v) is 15.8. The van der Waals surface area contributed by atoms with Crippen molar-refractivity contribution in [1.29, 1.82) is 0 Å². The van der Waals surface area contributed by atoms with Crippen LogP contribution in [0.1, 0.15) is 32.7 Å². The summed E-state index contributed by atoms with van der Waals surface area (Å²) in [6, 6.07) is 10.3.